The molecule has 1 aromatic carbocycles. The standard InChI is InChI=1S/C15H20N2O2/c1-15(2,7-8-18)11-17-14(19)9-12-3-5-13(10-16)6-4-12/h3-6,18H,7-9,11H2,1-2H3,(H,17,19). The number of carbonyl (C=O) groups is 1. The van der Waals surface area contributed by atoms with E-state index >= 15 is 0 Å². The summed E-state index contributed by atoms with van der Waals surface area (Å²) in [6.45, 7) is 4.68. The van der Waals surface area contributed by atoms with Crippen molar-refractivity contribution in [2.24, 2.45) is 5.41 Å². The molecule has 0 radical (unpaired) electrons. The zero-order valence-electron chi connectivity index (χ0n) is 11.4. The minimum absolute atomic E-state index is 0.0456. The number of nitriles is 1. The fourth-order valence-corrected chi connectivity index (χ4v) is 1.67. The molecule has 0 fully saturated rings. The molecule has 102 valence electrons. The molecule has 0 aliphatic rings. The van der Waals surface area contributed by atoms with Crippen LogP contribution in [-0.2, 0) is 11.2 Å². The lowest BCUT2D eigenvalue weighted by molar-refractivity contribution is -0.120. The van der Waals surface area contributed by atoms with Gasteiger partial charge in [0.05, 0.1) is 18.1 Å². The second-order valence-electron chi connectivity index (χ2n) is 5.40. The first-order valence-corrected chi connectivity index (χ1v) is 6.33. The van der Waals surface area contributed by atoms with Crippen LogP contribution < -0.4 is 5.32 Å². The number of carbonyl (C=O) groups excluding carboxylic acids is 1. The summed E-state index contributed by atoms with van der Waals surface area (Å²) < 4.78 is 0. The Labute approximate surface area is 114 Å². The molecule has 19 heavy (non-hydrogen) atoms. The molecular formula is C15H20N2O2. The summed E-state index contributed by atoms with van der Waals surface area (Å²) in [5.41, 5.74) is 1.37. The Bertz CT molecular complexity index is 458. The van der Waals surface area contributed by atoms with Crippen LogP contribution in [-0.4, -0.2) is 24.2 Å². The summed E-state index contributed by atoms with van der Waals surface area (Å²) in [6.07, 6.45) is 0.963. The maximum Gasteiger partial charge on any atom is 0.224 e. The molecule has 0 aliphatic carbocycles. The number of nitrogens with one attached hydrogen (secondary N) is 1. The van der Waals surface area contributed by atoms with Gasteiger partial charge >= 0.3 is 0 Å². The second kappa shape index (κ2) is 6.91. The van der Waals surface area contributed by atoms with Gasteiger partial charge in [-0.05, 0) is 29.5 Å². The van der Waals surface area contributed by atoms with Crippen LogP contribution in [0.1, 0.15) is 31.4 Å². The maximum atomic E-state index is 11.8. The highest BCUT2D eigenvalue weighted by Crippen LogP contribution is 2.17. The first kappa shape index (κ1) is 15.2. The smallest absolute Gasteiger partial charge is 0.224 e. The van der Waals surface area contributed by atoms with Crippen molar-refractivity contribution in [2.75, 3.05) is 13.2 Å². The van der Waals surface area contributed by atoms with Crippen molar-refractivity contribution in [2.45, 2.75) is 26.7 Å². The third-order valence-electron chi connectivity index (χ3n) is 3.00. The molecule has 0 heterocycles. The third-order valence-corrected chi connectivity index (χ3v) is 3.00. The third kappa shape index (κ3) is 5.54. The average Bonchev–Trinajstić information content (AvgIpc) is 2.37. The van der Waals surface area contributed by atoms with E-state index in [1.54, 1.807) is 24.3 Å². The average molecular weight is 260 g/mol. The largest absolute Gasteiger partial charge is 0.396 e. The Balaban J connectivity index is 2.45. The number of amides is 1. The quantitative estimate of drug-likeness (QED) is 0.816. The highest BCUT2D eigenvalue weighted by Gasteiger charge is 2.18. The zero-order valence-corrected chi connectivity index (χ0v) is 11.4. The van der Waals surface area contributed by atoms with Crippen molar-refractivity contribution in [3.63, 3.8) is 0 Å². The van der Waals surface area contributed by atoms with E-state index in [-0.39, 0.29) is 17.9 Å². The van der Waals surface area contributed by atoms with E-state index in [4.69, 9.17) is 10.4 Å². The SMILES string of the molecule is CC(C)(CCO)CNC(=O)Cc1ccc(C#N)cc1. The van der Waals surface area contributed by atoms with Gasteiger partial charge in [-0.15, -0.1) is 0 Å². The van der Waals surface area contributed by atoms with E-state index in [1.807, 2.05) is 19.9 Å². The number of benzene rings is 1. The van der Waals surface area contributed by atoms with Crippen molar-refractivity contribution < 1.29 is 9.90 Å². The minimum Gasteiger partial charge on any atom is -0.396 e. The van der Waals surface area contributed by atoms with Gasteiger partial charge in [-0.25, -0.2) is 0 Å². The van der Waals surface area contributed by atoms with Crippen LogP contribution in [0.2, 0.25) is 0 Å². The Morgan fingerprint density at radius 3 is 2.53 bits per heavy atom. The summed E-state index contributed by atoms with van der Waals surface area (Å²) in [7, 11) is 0. The van der Waals surface area contributed by atoms with Gasteiger partial charge in [-0.1, -0.05) is 26.0 Å². The molecule has 1 rings (SSSR count). The lowest BCUT2D eigenvalue weighted by atomic mass is 9.89. The second-order valence-corrected chi connectivity index (χ2v) is 5.40. The van der Waals surface area contributed by atoms with Gasteiger partial charge in [0.2, 0.25) is 5.91 Å². The van der Waals surface area contributed by atoms with Crippen LogP contribution in [0, 0.1) is 16.7 Å². The predicted octanol–water partition coefficient (Wildman–Crippen LogP) is 1.63. The Kier molecular flexibility index (Phi) is 5.53. The van der Waals surface area contributed by atoms with Crippen LogP contribution in [0.25, 0.3) is 0 Å². The fraction of sp³-hybridized carbons (Fsp3) is 0.467. The van der Waals surface area contributed by atoms with Crippen molar-refractivity contribution in [3.8, 4) is 6.07 Å². The van der Waals surface area contributed by atoms with Gasteiger partial charge in [-0.2, -0.15) is 5.26 Å². The number of hydrogen-bond acceptors (Lipinski definition) is 3. The van der Waals surface area contributed by atoms with Crippen LogP contribution in [0.15, 0.2) is 24.3 Å². The number of nitrogens with zero attached hydrogens (tertiary/aromatic N) is 1. The summed E-state index contributed by atoms with van der Waals surface area (Å²) in [5, 5.41) is 20.5. The highest BCUT2D eigenvalue weighted by molar-refractivity contribution is 5.78. The highest BCUT2D eigenvalue weighted by atomic mass is 16.3. The molecule has 0 aromatic heterocycles. The Hall–Kier alpha value is -1.86. The Morgan fingerprint density at radius 1 is 1.37 bits per heavy atom. The first-order chi connectivity index (χ1) is 8.96. The predicted molar refractivity (Wildman–Crippen MR) is 73.4 cm³/mol. The molecule has 0 unspecified atom stereocenters. The molecule has 0 bridgehead atoms. The van der Waals surface area contributed by atoms with E-state index in [0.717, 1.165) is 5.56 Å². The molecule has 4 heteroatoms. The Morgan fingerprint density at radius 2 is 2.00 bits per heavy atom. The fourth-order valence-electron chi connectivity index (χ4n) is 1.67. The van der Waals surface area contributed by atoms with Gasteiger partial charge in [0.25, 0.3) is 0 Å². The van der Waals surface area contributed by atoms with E-state index in [0.29, 0.717) is 24.9 Å². The molecule has 2 N–H and O–H groups in total. The number of hydrogen-bond donors (Lipinski definition) is 2. The van der Waals surface area contributed by atoms with Crippen molar-refractivity contribution in [3.05, 3.63) is 35.4 Å². The van der Waals surface area contributed by atoms with Crippen molar-refractivity contribution in [1.82, 2.24) is 5.32 Å². The summed E-state index contributed by atoms with van der Waals surface area (Å²) >= 11 is 0. The van der Waals surface area contributed by atoms with Gasteiger partial charge < -0.3 is 10.4 Å². The molecule has 4 nitrogen and oxygen atoms in total. The van der Waals surface area contributed by atoms with Gasteiger partial charge in [0.1, 0.15) is 0 Å². The number of aliphatic hydroxyl groups is 1. The van der Waals surface area contributed by atoms with Gasteiger partial charge in [0, 0.05) is 13.2 Å². The zero-order chi connectivity index (χ0) is 14.3. The molecule has 0 spiro atoms. The normalized spacial score (nSPS) is 10.8. The molecule has 1 amide bonds. The molecular weight excluding hydrogens is 240 g/mol. The number of aliphatic hydroxyl groups excluding tert-OH is 1. The van der Waals surface area contributed by atoms with E-state index < -0.39 is 0 Å². The minimum atomic E-state index is -0.102. The van der Waals surface area contributed by atoms with E-state index in [9.17, 15) is 4.79 Å². The van der Waals surface area contributed by atoms with Crippen LogP contribution in [0.3, 0.4) is 0 Å². The van der Waals surface area contributed by atoms with Crippen LogP contribution in [0.5, 0.6) is 0 Å². The number of rotatable bonds is 6. The van der Waals surface area contributed by atoms with Crippen LogP contribution >= 0.6 is 0 Å². The van der Waals surface area contributed by atoms with E-state index in [2.05, 4.69) is 5.32 Å². The maximum absolute atomic E-state index is 11.8. The summed E-state index contributed by atoms with van der Waals surface area (Å²) in [5.74, 6) is -0.0456. The molecule has 1 aromatic rings. The van der Waals surface area contributed by atoms with Crippen molar-refractivity contribution >= 4 is 5.91 Å². The lowest BCUT2D eigenvalue weighted by Gasteiger charge is -2.23. The van der Waals surface area contributed by atoms with Gasteiger partial charge in [0.15, 0.2) is 0 Å². The summed E-state index contributed by atoms with van der Waals surface area (Å²) in [4.78, 5) is 11.8. The van der Waals surface area contributed by atoms with Crippen LogP contribution in [0.4, 0.5) is 0 Å². The molecule has 0 atom stereocenters. The lowest BCUT2D eigenvalue weighted by Crippen LogP contribution is -2.35. The van der Waals surface area contributed by atoms with Gasteiger partial charge in [-0.3, -0.25) is 4.79 Å². The molecule has 0 saturated heterocycles. The molecule has 0 aliphatic heterocycles. The molecule has 0 saturated carbocycles. The monoisotopic (exact) mass is 260 g/mol. The topological polar surface area (TPSA) is 73.1 Å². The summed E-state index contributed by atoms with van der Waals surface area (Å²) in [6, 6.07) is 9.03. The van der Waals surface area contributed by atoms with Crippen molar-refractivity contribution in [1.29, 1.82) is 5.26 Å². The first-order valence-electron chi connectivity index (χ1n) is 6.33. The van der Waals surface area contributed by atoms with E-state index in [1.165, 1.54) is 0 Å².